The zero-order chi connectivity index (χ0) is 18.0. The Balaban J connectivity index is 2.85. The molecule has 0 amide bonds. The van der Waals surface area contributed by atoms with Crippen LogP contribution in [0.4, 0.5) is 0 Å². The van der Waals surface area contributed by atoms with Crippen LogP contribution in [0.2, 0.25) is 0 Å². The van der Waals surface area contributed by atoms with Crippen molar-refractivity contribution in [3.05, 3.63) is 34.1 Å². The van der Waals surface area contributed by atoms with Crippen LogP contribution in [-0.4, -0.2) is 43.8 Å². The van der Waals surface area contributed by atoms with Gasteiger partial charge in [-0.3, -0.25) is 14.4 Å². The zero-order valence-corrected chi connectivity index (χ0v) is 13.9. The third kappa shape index (κ3) is 2.67. The van der Waals surface area contributed by atoms with Crippen molar-refractivity contribution >= 4 is 17.3 Å². The van der Waals surface area contributed by atoms with Crippen LogP contribution in [0.25, 0.3) is 0 Å². The van der Waals surface area contributed by atoms with Gasteiger partial charge in [0.25, 0.3) is 0 Å². The van der Waals surface area contributed by atoms with E-state index in [0.29, 0.717) is 5.56 Å². The van der Waals surface area contributed by atoms with Crippen LogP contribution >= 0.6 is 0 Å². The number of rotatable bonds is 6. The molecule has 0 aromatic heterocycles. The van der Waals surface area contributed by atoms with E-state index in [-0.39, 0.29) is 46.2 Å². The number of aliphatic hydroxyl groups is 1. The molecule has 0 fully saturated rings. The van der Waals surface area contributed by atoms with Crippen LogP contribution in [0.3, 0.4) is 0 Å². The molecule has 1 aliphatic carbocycles. The van der Waals surface area contributed by atoms with Crippen molar-refractivity contribution in [1.29, 1.82) is 0 Å². The van der Waals surface area contributed by atoms with Gasteiger partial charge in [-0.05, 0) is 13.0 Å². The number of benzene rings is 1. The second-order valence-electron chi connectivity index (χ2n) is 5.23. The van der Waals surface area contributed by atoms with E-state index >= 15 is 0 Å². The van der Waals surface area contributed by atoms with E-state index in [9.17, 15) is 19.5 Å². The molecule has 7 heteroatoms. The van der Waals surface area contributed by atoms with E-state index in [1.807, 2.05) is 0 Å². The third-order valence-electron chi connectivity index (χ3n) is 3.75. The molecule has 2 rings (SSSR count). The van der Waals surface area contributed by atoms with Gasteiger partial charge in [0, 0.05) is 12.0 Å². The average Bonchev–Trinajstić information content (AvgIpc) is 2.57. The van der Waals surface area contributed by atoms with Crippen molar-refractivity contribution in [2.45, 2.75) is 20.0 Å². The smallest absolute Gasteiger partial charge is 0.232 e. The quantitative estimate of drug-likeness (QED) is 0.840. The van der Waals surface area contributed by atoms with Crippen molar-refractivity contribution in [1.82, 2.24) is 0 Å². The number of ether oxygens (including phenoxy) is 3. The summed E-state index contributed by atoms with van der Waals surface area (Å²) in [6.07, 6.45) is -0.234. The molecule has 0 spiro atoms. The number of carbonyl (C=O) groups excluding carboxylic acids is 3. The molecule has 1 aromatic rings. The molecule has 128 valence electrons. The Morgan fingerprint density at radius 3 is 2.17 bits per heavy atom. The van der Waals surface area contributed by atoms with E-state index in [1.54, 1.807) is 0 Å². The number of ketones is 3. The fourth-order valence-electron chi connectivity index (χ4n) is 2.78. The highest BCUT2D eigenvalue weighted by atomic mass is 16.5. The van der Waals surface area contributed by atoms with E-state index in [0.717, 1.165) is 0 Å². The number of Topliss-reactive ketones (excluding diaryl/α,β-unsaturated/α-hetero) is 3. The molecular weight excluding hydrogens is 316 g/mol. The summed E-state index contributed by atoms with van der Waals surface area (Å²) in [6, 6.07) is 1.44. The minimum absolute atomic E-state index is 0.000650. The predicted molar refractivity (Wildman–Crippen MR) is 83.5 cm³/mol. The number of hydrogen-bond acceptors (Lipinski definition) is 7. The Morgan fingerprint density at radius 1 is 1.04 bits per heavy atom. The molecule has 0 radical (unpaired) electrons. The molecule has 0 saturated carbocycles. The first-order valence-corrected chi connectivity index (χ1v) is 7.15. The van der Waals surface area contributed by atoms with E-state index in [4.69, 9.17) is 14.2 Å². The Kier molecular flexibility index (Phi) is 5.04. The second-order valence-corrected chi connectivity index (χ2v) is 5.23. The summed E-state index contributed by atoms with van der Waals surface area (Å²) in [5, 5.41) is 9.51. The fraction of sp³-hybridized carbons (Fsp3) is 0.353. The van der Waals surface area contributed by atoms with Crippen LogP contribution in [0.5, 0.6) is 11.5 Å². The van der Waals surface area contributed by atoms with E-state index in [1.165, 1.54) is 34.3 Å². The fourth-order valence-corrected chi connectivity index (χ4v) is 2.78. The lowest BCUT2D eigenvalue weighted by molar-refractivity contribution is -0.116. The lowest BCUT2D eigenvalue weighted by Crippen LogP contribution is -2.26. The topological polar surface area (TPSA) is 99.1 Å². The molecular formula is C17H18O7. The lowest BCUT2D eigenvalue weighted by Gasteiger charge is -2.24. The molecule has 1 aromatic carbocycles. The van der Waals surface area contributed by atoms with Gasteiger partial charge in [0.05, 0.1) is 44.6 Å². The minimum Gasteiger partial charge on any atom is -0.496 e. The van der Waals surface area contributed by atoms with Crippen molar-refractivity contribution in [2.75, 3.05) is 21.3 Å². The van der Waals surface area contributed by atoms with Gasteiger partial charge in [-0.2, -0.15) is 0 Å². The van der Waals surface area contributed by atoms with Crippen LogP contribution in [0, 0.1) is 0 Å². The SMILES string of the molecule is COC1=C(CC(C)=O)C(=O)c2c(OC)c(CO)cc(OC)c2C1=O. The highest BCUT2D eigenvalue weighted by Crippen LogP contribution is 2.41. The highest BCUT2D eigenvalue weighted by molar-refractivity contribution is 6.29. The van der Waals surface area contributed by atoms with Crippen molar-refractivity contribution in [3.63, 3.8) is 0 Å². The maximum Gasteiger partial charge on any atom is 0.232 e. The molecule has 0 saturated heterocycles. The monoisotopic (exact) mass is 334 g/mol. The number of hydrogen-bond donors (Lipinski definition) is 1. The molecule has 0 bridgehead atoms. The van der Waals surface area contributed by atoms with Crippen LogP contribution < -0.4 is 9.47 Å². The predicted octanol–water partition coefficient (Wildman–Crippen LogP) is 1.45. The third-order valence-corrected chi connectivity index (χ3v) is 3.75. The maximum atomic E-state index is 12.9. The standard InChI is InChI=1S/C17H18O7/c1-8(19)5-10-14(20)13-12(15(21)17(10)24-4)11(22-2)6-9(7-18)16(13)23-3/h6,18H,5,7H2,1-4H3. The zero-order valence-electron chi connectivity index (χ0n) is 13.9. The molecule has 1 N–H and O–H groups in total. The molecule has 0 unspecified atom stereocenters. The van der Waals surface area contributed by atoms with Crippen molar-refractivity contribution in [3.8, 4) is 11.5 Å². The molecule has 24 heavy (non-hydrogen) atoms. The van der Waals surface area contributed by atoms with E-state index < -0.39 is 18.2 Å². The first kappa shape index (κ1) is 17.7. The number of carbonyl (C=O) groups is 3. The Bertz CT molecular complexity index is 759. The molecule has 0 aliphatic heterocycles. The summed E-state index contributed by atoms with van der Waals surface area (Å²) in [4.78, 5) is 37.2. The molecule has 0 atom stereocenters. The van der Waals surface area contributed by atoms with Gasteiger partial charge in [-0.1, -0.05) is 0 Å². The van der Waals surface area contributed by atoms with Gasteiger partial charge < -0.3 is 19.3 Å². The maximum absolute atomic E-state index is 12.9. The summed E-state index contributed by atoms with van der Waals surface area (Å²) in [7, 11) is 3.94. The average molecular weight is 334 g/mol. The van der Waals surface area contributed by atoms with Crippen molar-refractivity contribution < 1.29 is 33.7 Å². The second kappa shape index (κ2) is 6.84. The summed E-state index contributed by atoms with van der Waals surface area (Å²) in [5.74, 6) is -1.37. The lowest BCUT2D eigenvalue weighted by atomic mass is 9.83. The Morgan fingerprint density at radius 2 is 1.71 bits per heavy atom. The summed E-state index contributed by atoms with van der Waals surface area (Å²) < 4.78 is 15.5. The van der Waals surface area contributed by atoms with Gasteiger partial charge >= 0.3 is 0 Å². The highest BCUT2D eigenvalue weighted by Gasteiger charge is 2.39. The first-order chi connectivity index (χ1) is 11.4. The van der Waals surface area contributed by atoms with Gasteiger partial charge in [0.1, 0.15) is 17.3 Å². The first-order valence-electron chi connectivity index (χ1n) is 7.15. The largest absolute Gasteiger partial charge is 0.496 e. The Labute approximate surface area is 138 Å². The molecule has 1 aliphatic rings. The number of allylic oxidation sites excluding steroid dienone is 2. The normalized spacial score (nSPS) is 13.7. The Hall–Kier alpha value is -2.67. The van der Waals surface area contributed by atoms with E-state index in [2.05, 4.69) is 0 Å². The summed E-state index contributed by atoms with van der Waals surface area (Å²) >= 11 is 0. The minimum atomic E-state index is -0.567. The van der Waals surface area contributed by atoms with Crippen LogP contribution in [0.15, 0.2) is 17.4 Å². The van der Waals surface area contributed by atoms with Gasteiger partial charge in [-0.15, -0.1) is 0 Å². The van der Waals surface area contributed by atoms with Crippen molar-refractivity contribution in [2.24, 2.45) is 0 Å². The molecule has 0 heterocycles. The van der Waals surface area contributed by atoms with Gasteiger partial charge in [0.15, 0.2) is 11.5 Å². The van der Waals surface area contributed by atoms with Gasteiger partial charge in [-0.25, -0.2) is 0 Å². The number of fused-ring (bicyclic) bond motifs is 1. The van der Waals surface area contributed by atoms with Crippen LogP contribution in [0.1, 0.15) is 39.6 Å². The summed E-state index contributed by atoms with van der Waals surface area (Å²) in [5.41, 5.74) is 0.249. The van der Waals surface area contributed by atoms with Gasteiger partial charge in [0.2, 0.25) is 5.78 Å². The number of methoxy groups -OCH3 is 3. The summed E-state index contributed by atoms with van der Waals surface area (Å²) in [6.45, 7) is 0.909. The molecule has 7 nitrogen and oxygen atoms in total. The number of aliphatic hydroxyl groups excluding tert-OH is 1. The van der Waals surface area contributed by atoms with Crippen LogP contribution in [-0.2, 0) is 16.1 Å².